The van der Waals surface area contributed by atoms with Crippen LogP contribution < -0.4 is 4.57 Å². The van der Waals surface area contributed by atoms with Gasteiger partial charge in [0.05, 0.1) is 27.3 Å². The van der Waals surface area contributed by atoms with Crippen molar-refractivity contribution < 1.29 is 4.57 Å². The SMILES string of the molecule is Cc1c2ccccc2cc2c1c1c3c(cc[n+]1C)cc(C(C)(C)C)c1c4ccccc4n2c13. The van der Waals surface area contributed by atoms with Gasteiger partial charge in [-0.15, -0.1) is 0 Å². The Balaban J connectivity index is 1.96. The first-order valence-electron chi connectivity index (χ1n) is 11.8. The van der Waals surface area contributed by atoms with Crippen molar-refractivity contribution in [3.63, 3.8) is 0 Å². The second-order valence-electron chi connectivity index (χ2n) is 10.6. The Morgan fingerprint density at radius 3 is 2.24 bits per heavy atom. The van der Waals surface area contributed by atoms with Gasteiger partial charge in [-0.1, -0.05) is 63.2 Å². The Kier molecular flexibility index (Phi) is 3.44. The van der Waals surface area contributed by atoms with E-state index in [4.69, 9.17) is 0 Å². The smallest absolute Gasteiger partial charge is 0.224 e. The topological polar surface area (TPSA) is 8.29 Å². The molecule has 33 heavy (non-hydrogen) atoms. The number of aryl methyl sites for hydroxylation is 2. The summed E-state index contributed by atoms with van der Waals surface area (Å²) in [6.07, 6.45) is 2.23. The maximum Gasteiger partial charge on any atom is 0.224 e. The van der Waals surface area contributed by atoms with E-state index in [1.54, 1.807) is 0 Å². The van der Waals surface area contributed by atoms with Crippen molar-refractivity contribution in [1.82, 2.24) is 4.40 Å². The molecule has 2 heteroatoms. The number of fused-ring (bicyclic) bond motifs is 7. The first kappa shape index (κ1) is 18.9. The fraction of sp³-hybridized carbons (Fsp3) is 0.194. The highest BCUT2D eigenvalue weighted by Gasteiger charge is 2.29. The van der Waals surface area contributed by atoms with Crippen LogP contribution in [0.1, 0.15) is 31.9 Å². The number of benzene rings is 4. The minimum Gasteiger partial charge on any atom is -0.307 e. The molecule has 0 unspecified atom stereocenters. The van der Waals surface area contributed by atoms with Crippen molar-refractivity contribution >= 4 is 59.8 Å². The van der Waals surface area contributed by atoms with Gasteiger partial charge in [0.25, 0.3) is 0 Å². The van der Waals surface area contributed by atoms with Crippen LogP contribution in [0.15, 0.2) is 72.9 Å². The van der Waals surface area contributed by atoms with E-state index in [1.807, 2.05) is 0 Å². The van der Waals surface area contributed by atoms with Gasteiger partial charge < -0.3 is 4.40 Å². The number of hydrogen-bond donors (Lipinski definition) is 0. The summed E-state index contributed by atoms with van der Waals surface area (Å²) >= 11 is 0. The Hall–Kier alpha value is -3.65. The average Bonchev–Trinajstić information content (AvgIpc) is 3.14. The number of aromatic nitrogens is 2. The molecule has 0 amide bonds. The van der Waals surface area contributed by atoms with Crippen LogP contribution in [-0.4, -0.2) is 4.40 Å². The standard InChI is InChI=1S/C31H27N2/c1-18-21-11-7-6-10-19(21)17-25-26(18)29-27-20(14-15-32(29)5)16-23(31(2,3)4)28-22-12-8-9-13-24(22)33(25)30(27)28/h6-17H,1-5H3/q+1. The third-order valence-electron chi connectivity index (χ3n) is 7.61. The zero-order valence-corrected chi connectivity index (χ0v) is 19.8. The van der Waals surface area contributed by atoms with Crippen LogP contribution in [0.5, 0.6) is 0 Å². The molecule has 0 aliphatic rings. The second-order valence-corrected chi connectivity index (χ2v) is 10.6. The van der Waals surface area contributed by atoms with Gasteiger partial charge >= 0.3 is 0 Å². The van der Waals surface area contributed by atoms with E-state index in [9.17, 15) is 0 Å². The van der Waals surface area contributed by atoms with Crippen LogP contribution in [0.3, 0.4) is 0 Å². The lowest BCUT2D eigenvalue weighted by molar-refractivity contribution is -0.643. The number of para-hydroxylation sites is 1. The van der Waals surface area contributed by atoms with Gasteiger partial charge in [-0.25, -0.2) is 4.57 Å². The lowest BCUT2D eigenvalue weighted by atomic mass is 9.82. The molecular weight excluding hydrogens is 400 g/mol. The normalized spacial score (nSPS) is 13.0. The summed E-state index contributed by atoms with van der Waals surface area (Å²) in [6, 6.07) is 24.9. The van der Waals surface area contributed by atoms with Crippen molar-refractivity contribution in [2.75, 3.05) is 0 Å². The monoisotopic (exact) mass is 427 g/mol. The van der Waals surface area contributed by atoms with Crippen LogP contribution in [0.2, 0.25) is 0 Å². The van der Waals surface area contributed by atoms with E-state index < -0.39 is 0 Å². The summed E-state index contributed by atoms with van der Waals surface area (Å²) in [7, 11) is 2.19. The first-order valence-corrected chi connectivity index (χ1v) is 11.8. The van der Waals surface area contributed by atoms with Crippen LogP contribution in [0.4, 0.5) is 0 Å². The molecule has 0 aliphatic carbocycles. The quantitative estimate of drug-likeness (QED) is 0.134. The zero-order chi connectivity index (χ0) is 22.6. The summed E-state index contributed by atoms with van der Waals surface area (Å²) in [4.78, 5) is 0. The van der Waals surface area contributed by atoms with Gasteiger partial charge in [0, 0.05) is 16.8 Å². The van der Waals surface area contributed by atoms with Gasteiger partial charge in [-0.3, -0.25) is 0 Å². The molecule has 0 spiro atoms. The van der Waals surface area contributed by atoms with Crippen molar-refractivity contribution in [3.05, 3.63) is 84.1 Å². The maximum absolute atomic E-state index is 2.55. The molecular formula is C31H27N2+. The van der Waals surface area contributed by atoms with Gasteiger partial charge in [0.1, 0.15) is 7.05 Å². The molecule has 0 aliphatic heterocycles. The third kappa shape index (κ3) is 2.26. The number of nitrogens with zero attached hydrogens (tertiary/aromatic N) is 2. The van der Waals surface area contributed by atoms with E-state index >= 15 is 0 Å². The highest BCUT2D eigenvalue weighted by Crippen LogP contribution is 2.45. The van der Waals surface area contributed by atoms with E-state index in [-0.39, 0.29) is 5.41 Å². The molecule has 0 fully saturated rings. The summed E-state index contributed by atoms with van der Waals surface area (Å²) in [5.74, 6) is 0. The molecule has 0 saturated carbocycles. The fourth-order valence-electron chi connectivity index (χ4n) is 6.14. The van der Waals surface area contributed by atoms with Crippen LogP contribution in [0, 0.1) is 6.92 Å². The highest BCUT2D eigenvalue weighted by atomic mass is 15.0. The second kappa shape index (κ2) is 6.02. The van der Waals surface area contributed by atoms with Crippen molar-refractivity contribution in [2.45, 2.75) is 33.1 Å². The number of hydrogen-bond acceptors (Lipinski definition) is 0. The zero-order valence-electron chi connectivity index (χ0n) is 19.8. The van der Waals surface area contributed by atoms with E-state index in [0.717, 1.165) is 0 Å². The Bertz CT molecular complexity index is 1910. The molecule has 2 nitrogen and oxygen atoms in total. The average molecular weight is 428 g/mol. The van der Waals surface area contributed by atoms with Gasteiger partial charge in [-0.2, -0.15) is 0 Å². The van der Waals surface area contributed by atoms with E-state index in [0.29, 0.717) is 0 Å². The molecule has 0 N–H and O–H groups in total. The van der Waals surface area contributed by atoms with Crippen LogP contribution >= 0.6 is 0 Å². The van der Waals surface area contributed by atoms with Crippen molar-refractivity contribution in [2.24, 2.45) is 7.05 Å². The molecule has 0 atom stereocenters. The first-order chi connectivity index (χ1) is 15.9. The van der Waals surface area contributed by atoms with Crippen LogP contribution in [-0.2, 0) is 12.5 Å². The molecule has 160 valence electrons. The van der Waals surface area contributed by atoms with E-state index in [1.165, 1.54) is 70.9 Å². The molecule has 0 radical (unpaired) electrons. The fourth-order valence-corrected chi connectivity index (χ4v) is 6.14. The highest BCUT2D eigenvalue weighted by molar-refractivity contribution is 6.29. The van der Waals surface area contributed by atoms with Gasteiger partial charge in [-0.05, 0) is 57.8 Å². The summed E-state index contributed by atoms with van der Waals surface area (Å²) in [5, 5.41) is 9.40. The molecule has 0 saturated heterocycles. The molecule has 3 heterocycles. The number of rotatable bonds is 0. The maximum atomic E-state index is 2.55. The van der Waals surface area contributed by atoms with E-state index in [2.05, 4.69) is 117 Å². The van der Waals surface area contributed by atoms with Gasteiger partial charge in [0.2, 0.25) is 5.52 Å². The van der Waals surface area contributed by atoms with Crippen molar-refractivity contribution in [3.8, 4) is 0 Å². The minimum atomic E-state index is 0.0426. The minimum absolute atomic E-state index is 0.0426. The molecule has 7 aromatic rings. The van der Waals surface area contributed by atoms with Crippen molar-refractivity contribution in [1.29, 1.82) is 0 Å². The Morgan fingerprint density at radius 2 is 1.45 bits per heavy atom. The Morgan fingerprint density at radius 1 is 0.727 bits per heavy atom. The lowest BCUT2D eigenvalue weighted by Gasteiger charge is -2.22. The number of pyridine rings is 2. The summed E-state index contributed by atoms with van der Waals surface area (Å²) in [5.41, 5.74) is 8.07. The predicted octanol–water partition coefficient (Wildman–Crippen LogP) is 7.57. The third-order valence-corrected chi connectivity index (χ3v) is 7.61. The van der Waals surface area contributed by atoms with Gasteiger partial charge in [0.15, 0.2) is 6.20 Å². The molecule has 3 aromatic heterocycles. The Labute approximate surface area is 193 Å². The van der Waals surface area contributed by atoms with Crippen LogP contribution in [0.25, 0.3) is 59.8 Å². The largest absolute Gasteiger partial charge is 0.307 e. The molecule has 0 bridgehead atoms. The molecule has 7 rings (SSSR count). The predicted molar refractivity (Wildman–Crippen MR) is 141 cm³/mol. The summed E-state index contributed by atoms with van der Waals surface area (Å²) < 4.78 is 4.87. The lowest BCUT2D eigenvalue weighted by Crippen LogP contribution is -2.29. The molecule has 4 aromatic carbocycles. The summed E-state index contributed by atoms with van der Waals surface area (Å²) in [6.45, 7) is 9.29.